The zero-order valence-electron chi connectivity index (χ0n) is 11.7. The monoisotopic (exact) mass is 249 g/mol. The lowest BCUT2D eigenvalue weighted by Gasteiger charge is -2.32. The number of hydrogen-bond donors (Lipinski definition) is 1. The van der Waals surface area contributed by atoms with Crippen molar-refractivity contribution in [2.24, 2.45) is 0 Å². The lowest BCUT2D eigenvalue weighted by atomic mass is 9.74. The highest BCUT2D eigenvalue weighted by Crippen LogP contribution is 2.42. The minimum atomic E-state index is 0.145. The number of nitrogens with one attached hydrogen (secondary N) is 1. The van der Waals surface area contributed by atoms with Crippen molar-refractivity contribution in [1.82, 2.24) is 5.32 Å². The van der Waals surface area contributed by atoms with E-state index in [-0.39, 0.29) is 5.41 Å². The molecule has 18 heavy (non-hydrogen) atoms. The van der Waals surface area contributed by atoms with E-state index in [1.165, 1.54) is 5.56 Å². The van der Waals surface area contributed by atoms with Crippen molar-refractivity contribution in [1.29, 1.82) is 0 Å². The molecular weight excluding hydrogens is 226 g/mol. The van der Waals surface area contributed by atoms with Crippen LogP contribution in [-0.4, -0.2) is 26.8 Å². The van der Waals surface area contributed by atoms with Gasteiger partial charge in [0.1, 0.15) is 11.5 Å². The third kappa shape index (κ3) is 2.07. The van der Waals surface area contributed by atoms with Gasteiger partial charge in [0, 0.05) is 23.1 Å². The van der Waals surface area contributed by atoms with E-state index >= 15 is 0 Å². The predicted octanol–water partition coefficient (Wildman–Crippen LogP) is 2.73. The molecule has 0 spiro atoms. The second-order valence-corrected chi connectivity index (χ2v) is 5.15. The fraction of sp³-hybridized carbons (Fsp3) is 0.600. The molecule has 0 saturated carbocycles. The van der Waals surface area contributed by atoms with Crippen LogP contribution in [0.25, 0.3) is 0 Å². The zero-order chi connectivity index (χ0) is 13.2. The van der Waals surface area contributed by atoms with Crippen LogP contribution in [0.5, 0.6) is 11.5 Å². The number of rotatable bonds is 4. The average Bonchev–Trinajstić information content (AvgIpc) is 2.80. The third-order valence-electron chi connectivity index (χ3n) is 4.24. The van der Waals surface area contributed by atoms with Crippen molar-refractivity contribution >= 4 is 0 Å². The van der Waals surface area contributed by atoms with E-state index in [0.29, 0.717) is 6.04 Å². The second kappa shape index (κ2) is 5.19. The van der Waals surface area contributed by atoms with Gasteiger partial charge in [-0.3, -0.25) is 0 Å². The Labute approximate surface area is 109 Å². The molecule has 0 amide bonds. The summed E-state index contributed by atoms with van der Waals surface area (Å²) in [6, 6.07) is 6.66. The van der Waals surface area contributed by atoms with E-state index in [1.54, 1.807) is 14.2 Å². The molecule has 2 rings (SSSR count). The van der Waals surface area contributed by atoms with Gasteiger partial charge in [0.05, 0.1) is 14.2 Å². The normalized spacial score (nSPS) is 27.2. The first kappa shape index (κ1) is 13.2. The smallest absolute Gasteiger partial charge is 0.126 e. The van der Waals surface area contributed by atoms with Crippen molar-refractivity contribution in [2.45, 2.75) is 38.1 Å². The van der Waals surface area contributed by atoms with Gasteiger partial charge in [-0.2, -0.15) is 0 Å². The fourth-order valence-electron chi connectivity index (χ4n) is 3.09. The van der Waals surface area contributed by atoms with E-state index in [9.17, 15) is 0 Å². The van der Waals surface area contributed by atoms with Gasteiger partial charge in [0.15, 0.2) is 0 Å². The summed E-state index contributed by atoms with van der Waals surface area (Å²) in [5.41, 5.74) is 1.43. The average molecular weight is 249 g/mol. The molecule has 1 N–H and O–H groups in total. The summed E-state index contributed by atoms with van der Waals surface area (Å²) in [6.45, 7) is 5.63. The van der Waals surface area contributed by atoms with Crippen molar-refractivity contribution < 1.29 is 9.47 Å². The summed E-state index contributed by atoms with van der Waals surface area (Å²) in [5.74, 6) is 1.78. The molecule has 1 aromatic carbocycles. The van der Waals surface area contributed by atoms with E-state index < -0.39 is 0 Å². The van der Waals surface area contributed by atoms with Gasteiger partial charge in [-0.15, -0.1) is 0 Å². The van der Waals surface area contributed by atoms with Crippen molar-refractivity contribution in [3.8, 4) is 11.5 Å². The van der Waals surface area contributed by atoms with Gasteiger partial charge >= 0.3 is 0 Å². The Hall–Kier alpha value is -1.22. The summed E-state index contributed by atoms with van der Waals surface area (Å²) in [5, 5.41) is 3.59. The standard InChI is InChI=1S/C15H23NO2/c1-5-14-15(2,8-9-16-14)12-7-6-11(17-3)10-13(12)18-4/h6-7,10,14,16H,5,8-9H2,1-4H3. The quantitative estimate of drug-likeness (QED) is 0.890. The highest BCUT2D eigenvalue weighted by molar-refractivity contribution is 5.46. The minimum Gasteiger partial charge on any atom is -0.497 e. The Morgan fingerprint density at radius 2 is 2.11 bits per heavy atom. The van der Waals surface area contributed by atoms with Crippen LogP contribution in [0.4, 0.5) is 0 Å². The van der Waals surface area contributed by atoms with Crippen molar-refractivity contribution in [3.63, 3.8) is 0 Å². The van der Waals surface area contributed by atoms with Crippen LogP contribution < -0.4 is 14.8 Å². The Bertz CT molecular complexity index is 419. The van der Waals surface area contributed by atoms with Gasteiger partial charge < -0.3 is 14.8 Å². The molecule has 0 aliphatic carbocycles. The number of benzene rings is 1. The maximum absolute atomic E-state index is 5.55. The largest absolute Gasteiger partial charge is 0.497 e. The van der Waals surface area contributed by atoms with Crippen LogP contribution >= 0.6 is 0 Å². The Kier molecular flexibility index (Phi) is 3.81. The zero-order valence-corrected chi connectivity index (χ0v) is 11.7. The molecule has 1 fully saturated rings. The highest BCUT2D eigenvalue weighted by Gasteiger charge is 2.40. The van der Waals surface area contributed by atoms with E-state index in [4.69, 9.17) is 9.47 Å². The molecule has 3 heteroatoms. The van der Waals surface area contributed by atoms with E-state index in [2.05, 4.69) is 25.2 Å². The molecule has 0 bridgehead atoms. The second-order valence-electron chi connectivity index (χ2n) is 5.15. The van der Waals surface area contributed by atoms with E-state index in [0.717, 1.165) is 30.9 Å². The summed E-state index contributed by atoms with van der Waals surface area (Å²) in [4.78, 5) is 0. The molecule has 100 valence electrons. The van der Waals surface area contributed by atoms with Crippen LogP contribution in [-0.2, 0) is 5.41 Å². The van der Waals surface area contributed by atoms with E-state index in [1.807, 2.05) is 12.1 Å². The molecule has 0 aromatic heterocycles. The first-order valence-corrected chi connectivity index (χ1v) is 6.61. The maximum Gasteiger partial charge on any atom is 0.126 e. The lowest BCUT2D eigenvalue weighted by Crippen LogP contribution is -2.37. The van der Waals surface area contributed by atoms with Crippen LogP contribution in [0.15, 0.2) is 18.2 Å². The first-order chi connectivity index (χ1) is 8.65. The summed E-state index contributed by atoms with van der Waals surface area (Å²) in [6.07, 6.45) is 2.28. The van der Waals surface area contributed by atoms with Crippen LogP contribution in [0.2, 0.25) is 0 Å². The SMILES string of the molecule is CCC1NCCC1(C)c1ccc(OC)cc1OC. The molecule has 1 aromatic rings. The molecule has 1 aliphatic heterocycles. The van der Waals surface area contributed by atoms with Crippen LogP contribution in [0.1, 0.15) is 32.3 Å². The molecular formula is C15H23NO2. The Morgan fingerprint density at radius 1 is 1.33 bits per heavy atom. The van der Waals surface area contributed by atoms with Crippen LogP contribution in [0, 0.1) is 0 Å². The number of methoxy groups -OCH3 is 2. The number of ether oxygens (including phenoxy) is 2. The molecule has 0 radical (unpaired) electrons. The summed E-state index contributed by atoms with van der Waals surface area (Å²) in [7, 11) is 3.41. The first-order valence-electron chi connectivity index (χ1n) is 6.61. The summed E-state index contributed by atoms with van der Waals surface area (Å²) >= 11 is 0. The Morgan fingerprint density at radius 3 is 2.72 bits per heavy atom. The van der Waals surface area contributed by atoms with Gasteiger partial charge in [-0.25, -0.2) is 0 Å². The maximum atomic E-state index is 5.55. The number of hydrogen-bond acceptors (Lipinski definition) is 3. The van der Waals surface area contributed by atoms with Gasteiger partial charge in [-0.1, -0.05) is 19.9 Å². The minimum absolute atomic E-state index is 0.145. The van der Waals surface area contributed by atoms with Crippen molar-refractivity contribution in [3.05, 3.63) is 23.8 Å². The molecule has 1 heterocycles. The lowest BCUT2D eigenvalue weighted by molar-refractivity contribution is 0.351. The van der Waals surface area contributed by atoms with Crippen molar-refractivity contribution in [2.75, 3.05) is 20.8 Å². The molecule has 3 nitrogen and oxygen atoms in total. The highest BCUT2D eigenvalue weighted by atomic mass is 16.5. The Balaban J connectivity index is 2.43. The van der Waals surface area contributed by atoms with Gasteiger partial charge in [-0.05, 0) is 25.5 Å². The third-order valence-corrected chi connectivity index (χ3v) is 4.24. The summed E-state index contributed by atoms with van der Waals surface area (Å²) < 4.78 is 10.8. The molecule has 1 aliphatic rings. The van der Waals surface area contributed by atoms with Gasteiger partial charge in [0.25, 0.3) is 0 Å². The topological polar surface area (TPSA) is 30.5 Å². The predicted molar refractivity (Wildman–Crippen MR) is 73.6 cm³/mol. The molecule has 2 unspecified atom stereocenters. The fourth-order valence-corrected chi connectivity index (χ4v) is 3.09. The molecule has 2 atom stereocenters. The van der Waals surface area contributed by atoms with Gasteiger partial charge in [0.2, 0.25) is 0 Å². The van der Waals surface area contributed by atoms with Crippen LogP contribution in [0.3, 0.4) is 0 Å². The molecule has 1 saturated heterocycles.